The third-order valence-corrected chi connectivity index (χ3v) is 4.70. The van der Waals surface area contributed by atoms with E-state index in [9.17, 15) is 0 Å². The first-order chi connectivity index (χ1) is 9.81. The maximum absolute atomic E-state index is 3.95. The molecule has 0 spiro atoms. The molecule has 0 bridgehead atoms. The second-order valence-corrected chi connectivity index (χ2v) is 5.79. The Labute approximate surface area is 120 Å². The maximum Gasteiger partial charge on any atom is -0.000695 e. The van der Waals surface area contributed by atoms with Gasteiger partial charge in [0.25, 0.3) is 0 Å². The van der Waals surface area contributed by atoms with E-state index in [4.69, 9.17) is 0 Å². The third-order valence-electron chi connectivity index (χ3n) is 4.70. The minimum absolute atomic E-state index is 0.396. The zero-order valence-corrected chi connectivity index (χ0v) is 11.8. The van der Waals surface area contributed by atoms with Crippen LogP contribution in [0.1, 0.15) is 42.4 Å². The van der Waals surface area contributed by atoms with Crippen LogP contribution in [-0.2, 0) is 0 Å². The highest BCUT2D eigenvalue weighted by molar-refractivity contribution is 6.17. The van der Waals surface area contributed by atoms with Crippen LogP contribution >= 0.6 is 0 Å². The highest BCUT2D eigenvalue weighted by Crippen LogP contribution is 2.47. The minimum atomic E-state index is 0.396. The van der Waals surface area contributed by atoms with Gasteiger partial charge in [-0.2, -0.15) is 0 Å². The van der Waals surface area contributed by atoms with Gasteiger partial charge in [-0.3, -0.25) is 0 Å². The number of allylic oxidation sites excluding steroid dienone is 5. The average Bonchev–Trinajstić information content (AvgIpc) is 2.84. The van der Waals surface area contributed by atoms with E-state index in [1.165, 1.54) is 51.5 Å². The standard InChI is InChI=1S/C20H18/c1-3-13(2)14-11-12-19-16-8-5-4-7-15(16)18-10-6-9-17(14)20(18)19/h3-4,6-7,9-13H,1,5,8H2,2H3. The third kappa shape index (κ3) is 1.42. The Balaban J connectivity index is 2.08. The summed E-state index contributed by atoms with van der Waals surface area (Å²) >= 11 is 0. The fourth-order valence-electron chi connectivity index (χ4n) is 3.63. The normalized spacial score (nSPS) is 17.4. The van der Waals surface area contributed by atoms with Gasteiger partial charge in [-0.05, 0) is 57.4 Å². The SMILES string of the molecule is C=CC(C)c1ccc2c3c(cccc13)C1=C2CCC=C1. The summed E-state index contributed by atoms with van der Waals surface area (Å²) in [5, 5.41) is 2.85. The lowest BCUT2D eigenvalue weighted by Crippen LogP contribution is -1.93. The molecule has 0 heterocycles. The van der Waals surface area contributed by atoms with Gasteiger partial charge in [0.05, 0.1) is 0 Å². The van der Waals surface area contributed by atoms with E-state index in [2.05, 4.69) is 56.0 Å². The van der Waals surface area contributed by atoms with Gasteiger partial charge in [-0.15, -0.1) is 6.58 Å². The number of benzene rings is 2. The average molecular weight is 258 g/mol. The Kier molecular flexibility index (Phi) is 2.47. The Morgan fingerprint density at radius 1 is 1.15 bits per heavy atom. The summed E-state index contributed by atoms with van der Waals surface area (Å²) < 4.78 is 0. The maximum atomic E-state index is 3.95. The summed E-state index contributed by atoms with van der Waals surface area (Å²) in [6.07, 6.45) is 8.98. The monoisotopic (exact) mass is 258 g/mol. The number of rotatable bonds is 2. The Bertz CT molecular complexity index is 787. The van der Waals surface area contributed by atoms with Gasteiger partial charge in [0, 0.05) is 0 Å². The molecule has 1 atom stereocenters. The molecule has 0 N–H and O–H groups in total. The van der Waals surface area contributed by atoms with Crippen LogP contribution in [0, 0.1) is 0 Å². The lowest BCUT2D eigenvalue weighted by molar-refractivity contribution is 0.983. The van der Waals surface area contributed by atoms with Gasteiger partial charge in [0.15, 0.2) is 0 Å². The van der Waals surface area contributed by atoms with Gasteiger partial charge < -0.3 is 0 Å². The topological polar surface area (TPSA) is 0 Å². The summed E-state index contributed by atoms with van der Waals surface area (Å²) in [6.45, 7) is 6.18. The molecular formula is C20H18. The lowest BCUT2D eigenvalue weighted by atomic mass is 9.91. The summed E-state index contributed by atoms with van der Waals surface area (Å²) in [6, 6.07) is 11.3. The van der Waals surface area contributed by atoms with Crippen molar-refractivity contribution in [2.75, 3.05) is 0 Å². The van der Waals surface area contributed by atoms with E-state index in [0.717, 1.165) is 0 Å². The van der Waals surface area contributed by atoms with Crippen molar-refractivity contribution in [1.29, 1.82) is 0 Å². The summed E-state index contributed by atoms with van der Waals surface area (Å²) in [5.74, 6) is 0.396. The molecule has 0 fully saturated rings. The van der Waals surface area contributed by atoms with Crippen molar-refractivity contribution in [3.63, 3.8) is 0 Å². The lowest BCUT2D eigenvalue weighted by Gasteiger charge is -2.13. The van der Waals surface area contributed by atoms with E-state index in [-0.39, 0.29) is 0 Å². The van der Waals surface area contributed by atoms with Gasteiger partial charge in [-0.1, -0.05) is 55.5 Å². The van der Waals surface area contributed by atoms with Gasteiger partial charge in [-0.25, -0.2) is 0 Å². The Hall–Kier alpha value is -2.08. The molecule has 4 rings (SSSR count). The van der Waals surface area contributed by atoms with Crippen molar-refractivity contribution in [1.82, 2.24) is 0 Å². The molecule has 0 heteroatoms. The van der Waals surface area contributed by atoms with Crippen molar-refractivity contribution < 1.29 is 0 Å². The Morgan fingerprint density at radius 3 is 2.90 bits per heavy atom. The molecule has 0 nitrogen and oxygen atoms in total. The van der Waals surface area contributed by atoms with E-state index in [1.54, 1.807) is 0 Å². The van der Waals surface area contributed by atoms with Crippen molar-refractivity contribution >= 4 is 21.9 Å². The van der Waals surface area contributed by atoms with Crippen LogP contribution in [0.2, 0.25) is 0 Å². The summed E-state index contributed by atoms with van der Waals surface area (Å²) in [4.78, 5) is 0. The van der Waals surface area contributed by atoms with Crippen LogP contribution in [0.25, 0.3) is 21.9 Å². The van der Waals surface area contributed by atoms with Crippen molar-refractivity contribution in [3.8, 4) is 0 Å². The van der Waals surface area contributed by atoms with Crippen LogP contribution in [0.15, 0.2) is 55.1 Å². The van der Waals surface area contributed by atoms with E-state index in [1.807, 2.05) is 6.08 Å². The number of fused-ring (bicyclic) bond motifs is 2. The smallest absolute Gasteiger partial charge is 0.000695 e. The predicted octanol–water partition coefficient (Wildman–Crippen LogP) is 5.70. The fraction of sp³-hybridized carbons (Fsp3) is 0.200. The molecule has 0 radical (unpaired) electrons. The van der Waals surface area contributed by atoms with Crippen LogP contribution in [0.5, 0.6) is 0 Å². The molecule has 2 aromatic rings. The molecule has 98 valence electrons. The molecule has 0 aromatic heterocycles. The van der Waals surface area contributed by atoms with Gasteiger partial charge in [0.1, 0.15) is 0 Å². The van der Waals surface area contributed by atoms with Crippen molar-refractivity contribution in [2.45, 2.75) is 25.7 Å². The zero-order valence-electron chi connectivity index (χ0n) is 11.8. The first-order valence-electron chi connectivity index (χ1n) is 7.40. The van der Waals surface area contributed by atoms with Crippen LogP contribution in [0.4, 0.5) is 0 Å². The van der Waals surface area contributed by atoms with Crippen molar-refractivity contribution in [3.05, 3.63) is 71.8 Å². The van der Waals surface area contributed by atoms with Crippen LogP contribution in [-0.4, -0.2) is 0 Å². The largest absolute Gasteiger partial charge is 0.102 e. The van der Waals surface area contributed by atoms with Gasteiger partial charge in [0.2, 0.25) is 0 Å². The summed E-state index contributed by atoms with van der Waals surface area (Å²) in [5.41, 5.74) is 7.25. The predicted molar refractivity (Wildman–Crippen MR) is 87.7 cm³/mol. The first-order valence-corrected chi connectivity index (χ1v) is 7.40. The van der Waals surface area contributed by atoms with Crippen LogP contribution < -0.4 is 0 Å². The zero-order chi connectivity index (χ0) is 13.7. The van der Waals surface area contributed by atoms with Crippen molar-refractivity contribution in [2.24, 2.45) is 0 Å². The molecule has 20 heavy (non-hydrogen) atoms. The quantitative estimate of drug-likeness (QED) is 0.606. The van der Waals surface area contributed by atoms with E-state index >= 15 is 0 Å². The minimum Gasteiger partial charge on any atom is -0.102 e. The molecule has 0 saturated carbocycles. The molecule has 2 aliphatic carbocycles. The van der Waals surface area contributed by atoms with Crippen LogP contribution in [0.3, 0.4) is 0 Å². The molecule has 0 saturated heterocycles. The Morgan fingerprint density at radius 2 is 2.05 bits per heavy atom. The number of hydrogen-bond donors (Lipinski definition) is 0. The van der Waals surface area contributed by atoms with Gasteiger partial charge >= 0.3 is 0 Å². The summed E-state index contributed by atoms with van der Waals surface area (Å²) in [7, 11) is 0. The molecular weight excluding hydrogens is 240 g/mol. The van der Waals surface area contributed by atoms with E-state index < -0.39 is 0 Å². The number of hydrogen-bond acceptors (Lipinski definition) is 0. The highest BCUT2D eigenvalue weighted by Gasteiger charge is 2.24. The molecule has 2 aliphatic rings. The second-order valence-electron chi connectivity index (χ2n) is 5.79. The second kappa shape index (κ2) is 4.21. The fourth-order valence-corrected chi connectivity index (χ4v) is 3.63. The molecule has 1 unspecified atom stereocenters. The molecule has 0 amide bonds. The molecule has 2 aromatic carbocycles. The molecule has 0 aliphatic heterocycles. The highest BCUT2D eigenvalue weighted by atomic mass is 14.3. The first kappa shape index (κ1) is 11.7. The van der Waals surface area contributed by atoms with E-state index in [0.29, 0.717) is 5.92 Å².